The van der Waals surface area contributed by atoms with Crippen LogP contribution < -0.4 is 5.32 Å². The fourth-order valence-corrected chi connectivity index (χ4v) is 3.43. The predicted molar refractivity (Wildman–Crippen MR) is 122 cm³/mol. The third kappa shape index (κ3) is 4.36. The first kappa shape index (κ1) is 20.1. The van der Waals surface area contributed by atoms with Gasteiger partial charge in [0, 0.05) is 5.56 Å². The van der Waals surface area contributed by atoms with Gasteiger partial charge in [0.15, 0.2) is 0 Å². The zero-order chi connectivity index (χ0) is 21.1. The number of fused-ring (bicyclic) bond motifs is 1. The average Bonchev–Trinajstić information content (AvgIpc) is 3.16. The van der Waals surface area contributed by atoms with Crippen LogP contribution in [0.1, 0.15) is 41.3 Å². The number of amides is 1. The van der Waals surface area contributed by atoms with Gasteiger partial charge in [0.1, 0.15) is 11.0 Å². The smallest absolute Gasteiger partial charge is 0.255 e. The molecule has 0 fully saturated rings. The van der Waals surface area contributed by atoms with E-state index in [2.05, 4.69) is 34.6 Å². The van der Waals surface area contributed by atoms with E-state index in [0.717, 1.165) is 17.7 Å². The van der Waals surface area contributed by atoms with Crippen molar-refractivity contribution >= 4 is 34.2 Å². The molecular formula is C24H23ClN4O. The summed E-state index contributed by atoms with van der Waals surface area (Å²) in [4.78, 5) is 14.1. The lowest BCUT2D eigenvalue weighted by Gasteiger charge is -2.07. The van der Waals surface area contributed by atoms with E-state index in [-0.39, 0.29) is 5.91 Å². The fraction of sp³-hybridized carbons (Fsp3) is 0.208. The molecule has 30 heavy (non-hydrogen) atoms. The predicted octanol–water partition coefficient (Wildman–Crippen LogP) is 5.98. The number of anilines is 1. The van der Waals surface area contributed by atoms with Gasteiger partial charge in [0.2, 0.25) is 0 Å². The number of aromatic nitrogens is 3. The van der Waals surface area contributed by atoms with Crippen molar-refractivity contribution in [2.75, 3.05) is 5.32 Å². The van der Waals surface area contributed by atoms with Crippen LogP contribution in [0.4, 0.5) is 5.69 Å². The molecule has 6 heteroatoms. The Morgan fingerprint density at radius 1 is 1.00 bits per heavy atom. The van der Waals surface area contributed by atoms with Gasteiger partial charge in [0.25, 0.3) is 5.91 Å². The van der Waals surface area contributed by atoms with Crippen LogP contribution in [0.2, 0.25) is 5.02 Å². The summed E-state index contributed by atoms with van der Waals surface area (Å²) in [7, 11) is 0. The average molecular weight is 419 g/mol. The Balaban J connectivity index is 1.58. The minimum absolute atomic E-state index is 0.216. The quantitative estimate of drug-likeness (QED) is 0.419. The maximum atomic E-state index is 12.5. The SMILES string of the molecule is CCCCc1ccc(-n2nc3cc(Cl)c(NC(=O)c4ccc(C)cc4)cc3n2)cc1. The highest BCUT2D eigenvalue weighted by atomic mass is 35.5. The fourth-order valence-electron chi connectivity index (χ4n) is 3.23. The van der Waals surface area contributed by atoms with Gasteiger partial charge in [0.05, 0.1) is 16.4 Å². The van der Waals surface area contributed by atoms with E-state index in [4.69, 9.17) is 11.6 Å². The number of halogens is 1. The number of hydrogen-bond acceptors (Lipinski definition) is 3. The summed E-state index contributed by atoms with van der Waals surface area (Å²) >= 11 is 6.39. The first-order valence-corrected chi connectivity index (χ1v) is 10.4. The Bertz CT molecular complexity index is 1180. The van der Waals surface area contributed by atoms with Crippen molar-refractivity contribution in [3.8, 4) is 5.69 Å². The molecule has 0 aliphatic carbocycles. The van der Waals surface area contributed by atoms with E-state index in [9.17, 15) is 4.79 Å². The topological polar surface area (TPSA) is 59.8 Å². The number of rotatable bonds is 6. The van der Waals surface area contributed by atoms with Crippen molar-refractivity contribution in [1.82, 2.24) is 15.0 Å². The van der Waals surface area contributed by atoms with Gasteiger partial charge < -0.3 is 5.32 Å². The molecule has 152 valence electrons. The van der Waals surface area contributed by atoms with Gasteiger partial charge in [-0.05, 0) is 61.7 Å². The first-order chi connectivity index (χ1) is 14.5. The van der Waals surface area contributed by atoms with Crippen LogP contribution in [0.5, 0.6) is 0 Å². The number of unbranched alkanes of at least 4 members (excludes halogenated alkanes) is 1. The highest BCUT2D eigenvalue weighted by Gasteiger charge is 2.13. The Hall–Kier alpha value is -3.18. The van der Waals surface area contributed by atoms with Crippen LogP contribution in [0.15, 0.2) is 60.7 Å². The summed E-state index contributed by atoms with van der Waals surface area (Å²) in [5.74, 6) is -0.216. The summed E-state index contributed by atoms with van der Waals surface area (Å²) in [6.07, 6.45) is 3.43. The molecule has 0 atom stereocenters. The number of nitrogens with zero attached hydrogens (tertiary/aromatic N) is 3. The lowest BCUT2D eigenvalue weighted by Crippen LogP contribution is -2.12. The number of carbonyl (C=O) groups is 1. The second-order valence-corrected chi connectivity index (χ2v) is 7.81. The molecule has 1 aromatic heterocycles. The molecule has 4 aromatic rings. The first-order valence-electron chi connectivity index (χ1n) is 10.1. The van der Waals surface area contributed by atoms with Gasteiger partial charge in [-0.2, -0.15) is 4.80 Å². The molecule has 5 nitrogen and oxygen atoms in total. The lowest BCUT2D eigenvalue weighted by molar-refractivity contribution is 0.102. The zero-order valence-electron chi connectivity index (χ0n) is 17.0. The van der Waals surface area contributed by atoms with Crippen molar-refractivity contribution in [2.24, 2.45) is 0 Å². The van der Waals surface area contributed by atoms with Crippen LogP contribution in [0, 0.1) is 6.92 Å². The molecule has 4 rings (SSSR count). The van der Waals surface area contributed by atoms with Crippen LogP contribution >= 0.6 is 11.6 Å². The maximum absolute atomic E-state index is 12.5. The molecule has 0 bridgehead atoms. The van der Waals surface area contributed by atoms with E-state index in [1.165, 1.54) is 18.4 Å². The standard InChI is InChI=1S/C24H23ClN4O/c1-3-4-5-17-8-12-19(13-9-17)29-27-22-14-20(25)21(15-23(22)28-29)26-24(30)18-10-6-16(2)7-11-18/h6-15H,3-5H2,1-2H3,(H,26,30). The lowest BCUT2D eigenvalue weighted by atomic mass is 10.1. The van der Waals surface area contributed by atoms with Crippen molar-refractivity contribution in [2.45, 2.75) is 33.1 Å². The van der Waals surface area contributed by atoms with Crippen molar-refractivity contribution < 1.29 is 4.79 Å². The molecule has 3 aromatic carbocycles. The Kier molecular flexibility index (Phi) is 5.81. The second-order valence-electron chi connectivity index (χ2n) is 7.40. The molecule has 0 radical (unpaired) electrons. The second kappa shape index (κ2) is 8.67. The van der Waals surface area contributed by atoms with Crippen LogP contribution in [0.25, 0.3) is 16.7 Å². The summed E-state index contributed by atoms with van der Waals surface area (Å²) in [6, 6.07) is 19.1. The summed E-state index contributed by atoms with van der Waals surface area (Å²) < 4.78 is 0. The Morgan fingerprint density at radius 2 is 1.67 bits per heavy atom. The number of benzene rings is 3. The molecule has 1 amide bonds. The Morgan fingerprint density at radius 3 is 2.33 bits per heavy atom. The monoisotopic (exact) mass is 418 g/mol. The van der Waals surface area contributed by atoms with E-state index in [1.807, 2.05) is 31.2 Å². The van der Waals surface area contributed by atoms with Gasteiger partial charge in [-0.15, -0.1) is 10.2 Å². The van der Waals surface area contributed by atoms with Crippen LogP contribution in [-0.4, -0.2) is 20.9 Å². The molecule has 1 heterocycles. The summed E-state index contributed by atoms with van der Waals surface area (Å²) in [5.41, 5.74) is 5.70. The van der Waals surface area contributed by atoms with Crippen molar-refractivity contribution in [3.05, 3.63) is 82.4 Å². The van der Waals surface area contributed by atoms with E-state index in [0.29, 0.717) is 27.3 Å². The van der Waals surface area contributed by atoms with Crippen LogP contribution in [-0.2, 0) is 6.42 Å². The van der Waals surface area contributed by atoms with Gasteiger partial charge in [-0.3, -0.25) is 4.79 Å². The molecule has 0 unspecified atom stereocenters. The molecule has 0 spiro atoms. The highest BCUT2D eigenvalue weighted by Crippen LogP contribution is 2.27. The van der Waals surface area contributed by atoms with Gasteiger partial charge >= 0.3 is 0 Å². The molecule has 0 aliphatic rings. The third-order valence-electron chi connectivity index (χ3n) is 5.02. The molecule has 0 saturated heterocycles. The minimum Gasteiger partial charge on any atom is -0.321 e. The molecular weight excluding hydrogens is 396 g/mol. The number of hydrogen-bond donors (Lipinski definition) is 1. The third-order valence-corrected chi connectivity index (χ3v) is 5.33. The van der Waals surface area contributed by atoms with Crippen LogP contribution in [0.3, 0.4) is 0 Å². The largest absolute Gasteiger partial charge is 0.321 e. The highest BCUT2D eigenvalue weighted by molar-refractivity contribution is 6.34. The molecule has 0 aliphatic heterocycles. The molecule has 0 saturated carbocycles. The molecule has 1 N–H and O–H groups in total. The summed E-state index contributed by atoms with van der Waals surface area (Å²) in [6.45, 7) is 4.17. The zero-order valence-corrected chi connectivity index (χ0v) is 17.8. The van der Waals surface area contributed by atoms with E-state index < -0.39 is 0 Å². The van der Waals surface area contributed by atoms with Crippen molar-refractivity contribution in [3.63, 3.8) is 0 Å². The normalized spacial score (nSPS) is 11.0. The van der Waals surface area contributed by atoms with E-state index >= 15 is 0 Å². The maximum Gasteiger partial charge on any atom is 0.255 e. The Labute approximate surface area is 180 Å². The minimum atomic E-state index is -0.216. The number of nitrogens with one attached hydrogen (secondary N) is 1. The van der Waals surface area contributed by atoms with Gasteiger partial charge in [-0.1, -0.05) is 54.8 Å². The summed E-state index contributed by atoms with van der Waals surface area (Å²) in [5, 5.41) is 12.4. The number of aryl methyl sites for hydroxylation is 2. The van der Waals surface area contributed by atoms with Gasteiger partial charge in [-0.25, -0.2) is 0 Å². The van der Waals surface area contributed by atoms with Crippen molar-refractivity contribution in [1.29, 1.82) is 0 Å². The van der Waals surface area contributed by atoms with E-state index in [1.54, 1.807) is 29.1 Å². The number of carbonyl (C=O) groups excluding carboxylic acids is 1.